The molecule has 7 aromatic carbocycles. The predicted molar refractivity (Wildman–Crippen MR) is 199 cm³/mol. The van der Waals surface area contributed by atoms with Gasteiger partial charge in [0.2, 0.25) is 0 Å². The minimum absolute atomic E-state index is 0.307. The maximum atomic E-state index is 10.7. The van der Waals surface area contributed by atoms with Crippen molar-refractivity contribution in [1.82, 2.24) is 9.13 Å². The Hall–Kier alpha value is -7.28. The molecule has 6 heteroatoms. The molecule has 11 aromatic rings. The van der Waals surface area contributed by atoms with Gasteiger partial charge < -0.3 is 18.0 Å². The molecule has 0 unspecified atom stereocenters. The highest BCUT2D eigenvalue weighted by molar-refractivity contribution is 6.28. The van der Waals surface area contributed by atoms with Crippen LogP contribution in [0.2, 0.25) is 0 Å². The first-order chi connectivity index (χ1) is 24.7. The van der Waals surface area contributed by atoms with E-state index in [9.17, 15) is 10.5 Å². The largest absolute Gasteiger partial charge is 0.456 e. The Morgan fingerprint density at radius 2 is 0.920 bits per heavy atom. The number of benzene rings is 7. The van der Waals surface area contributed by atoms with Gasteiger partial charge in [-0.25, -0.2) is 0 Å². The summed E-state index contributed by atoms with van der Waals surface area (Å²) in [6.45, 7) is 0. The van der Waals surface area contributed by atoms with E-state index < -0.39 is 0 Å². The molecular weight excluding hydrogens is 617 g/mol. The molecule has 0 saturated carbocycles. The number of aromatic nitrogens is 2. The van der Waals surface area contributed by atoms with Crippen LogP contribution in [-0.2, 0) is 0 Å². The number of hydrogen-bond acceptors (Lipinski definition) is 4. The van der Waals surface area contributed by atoms with Crippen LogP contribution in [0.25, 0.3) is 98.9 Å². The van der Waals surface area contributed by atoms with Gasteiger partial charge in [0, 0.05) is 48.8 Å². The average Bonchev–Trinajstić information content (AvgIpc) is 3.91. The summed E-state index contributed by atoms with van der Waals surface area (Å²) in [5.41, 5.74) is 9.18. The molecule has 4 aromatic heterocycles. The minimum atomic E-state index is 0.307. The monoisotopic (exact) mass is 638 g/mol. The van der Waals surface area contributed by atoms with Gasteiger partial charge >= 0.3 is 0 Å². The number of furan rings is 2. The second kappa shape index (κ2) is 9.64. The third-order valence-corrected chi connectivity index (χ3v) is 10.2. The lowest BCUT2D eigenvalue weighted by atomic mass is 10.0. The molecule has 0 amide bonds. The fraction of sp³-hybridized carbons (Fsp3) is 0. The number of nitriles is 2. The van der Waals surface area contributed by atoms with Crippen LogP contribution in [0.3, 0.4) is 0 Å². The van der Waals surface area contributed by atoms with Gasteiger partial charge in [0.15, 0.2) is 0 Å². The highest BCUT2D eigenvalue weighted by Gasteiger charge is 2.24. The van der Waals surface area contributed by atoms with Crippen LogP contribution in [0, 0.1) is 22.7 Å². The Morgan fingerprint density at radius 1 is 0.420 bits per heavy atom. The van der Waals surface area contributed by atoms with Gasteiger partial charge in [-0.05, 0) is 60.7 Å². The summed E-state index contributed by atoms with van der Waals surface area (Å²) in [5.74, 6) is 0. The molecular formula is C44H22N4O2. The van der Waals surface area contributed by atoms with Crippen LogP contribution in [0.4, 0.5) is 0 Å². The van der Waals surface area contributed by atoms with Crippen molar-refractivity contribution < 1.29 is 8.83 Å². The van der Waals surface area contributed by atoms with Crippen molar-refractivity contribution in [3.8, 4) is 23.5 Å². The first kappa shape index (κ1) is 26.8. The predicted octanol–water partition coefficient (Wildman–Crippen LogP) is 11.4. The number of hydrogen-bond donors (Lipinski definition) is 0. The average molecular weight is 639 g/mol. The van der Waals surface area contributed by atoms with Gasteiger partial charge in [-0.1, -0.05) is 72.8 Å². The van der Waals surface area contributed by atoms with Crippen molar-refractivity contribution >= 4 is 87.5 Å². The van der Waals surface area contributed by atoms with E-state index in [0.717, 1.165) is 93.2 Å². The molecule has 0 radical (unpaired) electrons. The quantitative estimate of drug-likeness (QED) is 0.189. The highest BCUT2D eigenvalue weighted by Crippen LogP contribution is 2.44. The summed E-state index contributed by atoms with van der Waals surface area (Å²) in [7, 11) is 0. The third kappa shape index (κ3) is 3.34. The maximum Gasteiger partial charge on any atom is 0.136 e. The van der Waals surface area contributed by atoms with E-state index in [1.807, 2.05) is 78.9 Å². The van der Waals surface area contributed by atoms with Crippen LogP contribution in [-0.4, -0.2) is 9.13 Å². The van der Waals surface area contributed by atoms with Gasteiger partial charge in [-0.3, -0.25) is 0 Å². The molecule has 0 spiro atoms. The van der Waals surface area contributed by atoms with E-state index in [4.69, 9.17) is 8.83 Å². The van der Waals surface area contributed by atoms with Gasteiger partial charge in [0.1, 0.15) is 34.5 Å². The summed E-state index contributed by atoms with van der Waals surface area (Å²) in [6.07, 6.45) is 0. The molecule has 0 aliphatic heterocycles. The van der Waals surface area contributed by atoms with Crippen LogP contribution in [0.15, 0.2) is 142 Å². The second-order valence-corrected chi connectivity index (χ2v) is 12.7. The molecule has 0 fully saturated rings. The molecule has 11 rings (SSSR count). The molecule has 4 heterocycles. The summed E-state index contributed by atoms with van der Waals surface area (Å²) in [5, 5.41) is 29.7. The summed E-state index contributed by atoms with van der Waals surface area (Å²) in [6, 6.07) is 49.6. The molecule has 0 atom stereocenters. The summed E-state index contributed by atoms with van der Waals surface area (Å²) in [4.78, 5) is 0. The normalized spacial score (nSPS) is 12.0. The SMILES string of the molecule is N#Cc1cc(-n2c3ccccc3c3c4c(ccc32)oc2ccccc24)cc(-n2c3ccccc3c3c4c(ccc32)oc2ccccc24)c1C#N. The van der Waals surface area contributed by atoms with Crippen molar-refractivity contribution in [2.24, 2.45) is 0 Å². The topological polar surface area (TPSA) is 83.7 Å². The Bertz CT molecular complexity index is 3360. The molecule has 0 N–H and O–H groups in total. The fourth-order valence-corrected chi connectivity index (χ4v) is 8.21. The number of para-hydroxylation sites is 4. The Kier molecular flexibility index (Phi) is 5.16. The van der Waals surface area contributed by atoms with Crippen LogP contribution >= 0.6 is 0 Å². The molecule has 50 heavy (non-hydrogen) atoms. The van der Waals surface area contributed by atoms with Gasteiger partial charge in [-0.15, -0.1) is 0 Å². The van der Waals surface area contributed by atoms with Crippen LogP contribution in [0.5, 0.6) is 0 Å². The van der Waals surface area contributed by atoms with Gasteiger partial charge in [0.05, 0.1) is 38.9 Å². The Balaban J connectivity index is 1.29. The maximum absolute atomic E-state index is 10.7. The second-order valence-electron chi connectivity index (χ2n) is 12.7. The number of fused-ring (bicyclic) bond motifs is 14. The zero-order valence-electron chi connectivity index (χ0n) is 26.3. The first-order valence-corrected chi connectivity index (χ1v) is 16.4. The lowest BCUT2D eigenvalue weighted by Crippen LogP contribution is -2.04. The van der Waals surface area contributed by atoms with Crippen LogP contribution < -0.4 is 0 Å². The molecule has 6 nitrogen and oxygen atoms in total. The fourth-order valence-electron chi connectivity index (χ4n) is 8.21. The van der Waals surface area contributed by atoms with E-state index >= 15 is 0 Å². The molecule has 0 aliphatic rings. The zero-order valence-corrected chi connectivity index (χ0v) is 26.3. The molecule has 0 saturated heterocycles. The van der Waals surface area contributed by atoms with E-state index in [0.29, 0.717) is 16.8 Å². The number of nitrogens with zero attached hydrogens (tertiary/aromatic N) is 4. The van der Waals surface area contributed by atoms with E-state index in [2.05, 4.69) is 75.9 Å². The third-order valence-electron chi connectivity index (χ3n) is 10.2. The van der Waals surface area contributed by atoms with Crippen molar-refractivity contribution in [1.29, 1.82) is 10.5 Å². The van der Waals surface area contributed by atoms with Gasteiger partial charge in [-0.2, -0.15) is 10.5 Å². The number of rotatable bonds is 2. The van der Waals surface area contributed by atoms with Crippen LogP contribution in [0.1, 0.15) is 11.1 Å². The molecule has 230 valence electrons. The smallest absolute Gasteiger partial charge is 0.136 e. The Morgan fingerprint density at radius 3 is 1.48 bits per heavy atom. The van der Waals surface area contributed by atoms with Gasteiger partial charge in [0.25, 0.3) is 0 Å². The lowest BCUT2D eigenvalue weighted by molar-refractivity contribution is 0.669. The molecule has 0 bridgehead atoms. The standard InChI is InChI=1S/C44H22N4O2/c45-23-25-21-26(47-32-13-5-1-9-27(32)41-34(47)17-19-39-43(41)29-11-3-7-15-37(29)49-39)22-36(31(25)24-46)48-33-14-6-2-10-28(33)42-35(48)18-20-40-44(42)30-12-4-8-16-38(30)50-40/h1-22H. The van der Waals surface area contributed by atoms with Crippen molar-refractivity contribution in [2.75, 3.05) is 0 Å². The first-order valence-electron chi connectivity index (χ1n) is 16.4. The summed E-state index contributed by atoms with van der Waals surface area (Å²) >= 11 is 0. The van der Waals surface area contributed by atoms with Crippen molar-refractivity contribution in [2.45, 2.75) is 0 Å². The summed E-state index contributed by atoms with van der Waals surface area (Å²) < 4.78 is 16.9. The van der Waals surface area contributed by atoms with Crippen molar-refractivity contribution in [3.05, 3.63) is 145 Å². The molecule has 0 aliphatic carbocycles. The van der Waals surface area contributed by atoms with E-state index in [1.165, 1.54) is 0 Å². The lowest BCUT2D eigenvalue weighted by Gasteiger charge is -2.15. The van der Waals surface area contributed by atoms with E-state index in [-0.39, 0.29) is 0 Å². The highest BCUT2D eigenvalue weighted by atomic mass is 16.3. The zero-order chi connectivity index (χ0) is 33.1. The van der Waals surface area contributed by atoms with Crippen molar-refractivity contribution in [3.63, 3.8) is 0 Å². The minimum Gasteiger partial charge on any atom is -0.456 e. The Labute approximate surface area is 283 Å². The van der Waals surface area contributed by atoms with E-state index in [1.54, 1.807) is 0 Å².